The molecule has 2 aromatic carbocycles. The second-order valence-electron chi connectivity index (χ2n) is 5.70. The zero-order valence-electron chi connectivity index (χ0n) is 13.4. The van der Waals surface area contributed by atoms with Crippen molar-refractivity contribution in [2.24, 2.45) is 0 Å². The molecular weight excluding hydrogens is 308 g/mol. The van der Waals surface area contributed by atoms with Crippen LogP contribution in [-0.4, -0.2) is 29.9 Å². The van der Waals surface area contributed by atoms with Gasteiger partial charge in [0.25, 0.3) is 0 Å². The Morgan fingerprint density at radius 3 is 2.38 bits per heavy atom. The highest BCUT2D eigenvalue weighted by atomic mass is 16.6. The van der Waals surface area contributed by atoms with Crippen LogP contribution in [0.15, 0.2) is 36.4 Å². The van der Waals surface area contributed by atoms with E-state index < -0.39 is 0 Å². The molecule has 0 unspecified atom stereocenters. The van der Waals surface area contributed by atoms with Gasteiger partial charge in [-0.15, -0.1) is 0 Å². The maximum absolute atomic E-state index is 12.3. The summed E-state index contributed by atoms with van der Waals surface area (Å²) in [6.45, 7) is 2.68. The molecule has 5 heteroatoms. The number of benzene rings is 2. The number of ketones is 2. The van der Waals surface area contributed by atoms with Crippen molar-refractivity contribution in [2.75, 3.05) is 13.2 Å². The van der Waals surface area contributed by atoms with Crippen molar-refractivity contribution in [1.29, 1.82) is 0 Å². The van der Waals surface area contributed by atoms with E-state index in [1.807, 2.05) is 19.1 Å². The Hall–Kier alpha value is -2.82. The number of rotatable bonds is 5. The highest BCUT2D eigenvalue weighted by molar-refractivity contribution is 6.04. The molecule has 0 amide bonds. The van der Waals surface area contributed by atoms with Gasteiger partial charge in [0.05, 0.1) is 5.56 Å². The van der Waals surface area contributed by atoms with E-state index in [1.165, 1.54) is 6.07 Å². The van der Waals surface area contributed by atoms with Crippen molar-refractivity contribution in [1.82, 2.24) is 0 Å². The SMILES string of the molecule is Cc1ccc(C(=O)CCC(=O)c2ccc3c(c2O)OCCO3)cc1. The molecule has 5 nitrogen and oxygen atoms in total. The van der Waals surface area contributed by atoms with E-state index in [9.17, 15) is 14.7 Å². The lowest BCUT2D eigenvalue weighted by Crippen LogP contribution is -2.16. The Kier molecular flexibility index (Phi) is 4.51. The molecule has 2 aromatic rings. The van der Waals surface area contributed by atoms with Gasteiger partial charge in [-0.1, -0.05) is 29.8 Å². The van der Waals surface area contributed by atoms with Crippen LogP contribution in [0.2, 0.25) is 0 Å². The summed E-state index contributed by atoms with van der Waals surface area (Å²) in [5.41, 5.74) is 1.81. The van der Waals surface area contributed by atoms with Gasteiger partial charge in [-0.05, 0) is 19.1 Å². The molecule has 0 radical (unpaired) electrons. The van der Waals surface area contributed by atoms with Crippen LogP contribution in [0.25, 0.3) is 0 Å². The lowest BCUT2D eigenvalue weighted by molar-refractivity contribution is 0.0914. The zero-order chi connectivity index (χ0) is 17.1. The van der Waals surface area contributed by atoms with E-state index in [-0.39, 0.29) is 41.5 Å². The second-order valence-corrected chi connectivity index (χ2v) is 5.70. The normalized spacial score (nSPS) is 12.7. The van der Waals surface area contributed by atoms with Gasteiger partial charge in [-0.3, -0.25) is 9.59 Å². The number of Topliss-reactive ketones (excluding diaryl/α,β-unsaturated/α-hetero) is 2. The van der Waals surface area contributed by atoms with E-state index in [1.54, 1.807) is 18.2 Å². The predicted molar refractivity (Wildman–Crippen MR) is 88.2 cm³/mol. The topological polar surface area (TPSA) is 72.8 Å². The van der Waals surface area contributed by atoms with Crippen LogP contribution in [0.1, 0.15) is 39.1 Å². The van der Waals surface area contributed by atoms with Crippen molar-refractivity contribution in [2.45, 2.75) is 19.8 Å². The van der Waals surface area contributed by atoms with Crippen LogP contribution in [-0.2, 0) is 0 Å². The molecule has 0 spiro atoms. The van der Waals surface area contributed by atoms with Crippen molar-refractivity contribution in [3.63, 3.8) is 0 Å². The van der Waals surface area contributed by atoms with Gasteiger partial charge in [0, 0.05) is 18.4 Å². The van der Waals surface area contributed by atoms with Gasteiger partial charge < -0.3 is 14.6 Å². The highest BCUT2D eigenvalue weighted by Crippen LogP contribution is 2.41. The Labute approximate surface area is 139 Å². The molecule has 0 saturated heterocycles. The van der Waals surface area contributed by atoms with Gasteiger partial charge in [-0.25, -0.2) is 0 Å². The first-order chi connectivity index (χ1) is 11.6. The van der Waals surface area contributed by atoms with Gasteiger partial charge in [-0.2, -0.15) is 0 Å². The molecule has 1 aliphatic heterocycles. The Morgan fingerprint density at radius 2 is 1.62 bits per heavy atom. The molecule has 1 heterocycles. The molecule has 3 rings (SSSR count). The summed E-state index contributed by atoms with van der Waals surface area (Å²) in [5, 5.41) is 10.2. The summed E-state index contributed by atoms with van der Waals surface area (Å²) in [5.74, 6) is -0.00621. The van der Waals surface area contributed by atoms with Crippen LogP contribution >= 0.6 is 0 Å². The minimum Gasteiger partial charge on any atom is -0.504 e. The summed E-state index contributed by atoms with van der Waals surface area (Å²) < 4.78 is 10.7. The number of carbonyl (C=O) groups excluding carboxylic acids is 2. The third-order valence-corrected chi connectivity index (χ3v) is 3.94. The maximum Gasteiger partial charge on any atom is 0.204 e. The first-order valence-electron chi connectivity index (χ1n) is 7.81. The average molecular weight is 326 g/mol. The van der Waals surface area contributed by atoms with E-state index in [0.717, 1.165) is 5.56 Å². The van der Waals surface area contributed by atoms with Gasteiger partial charge in [0.1, 0.15) is 13.2 Å². The van der Waals surface area contributed by atoms with Crippen molar-refractivity contribution >= 4 is 11.6 Å². The number of aromatic hydroxyl groups is 1. The molecule has 0 fully saturated rings. The van der Waals surface area contributed by atoms with Crippen molar-refractivity contribution in [3.05, 3.63) is 53.1 Å². The highest BCUT2D eigenvalue weighted by Gasteiger charge is 2.22. The molecule has 0 saturated carbocycles. The summed E-state index contributed by atoms with van der Waals surface area (Å²) in [6.07, 6.45) is 0.121. The number of ether oxygens (including phenoxy) is 2. The van der Waals surface area contributed by atoms with Crippen LogP contribution in [0.3, 0.4) is 0 Å². The number of aryl methyl sites for hydroxylation is 1. The Balaban J connectivity index is 1.69. The average Bonchev–Trinajstić information content (AvgIpc) is 2.60. The van der Waals surface area contributed by atoms with Gasteiger partial charge in [0.15, 0.2) is 23.1 Å². The first kappa shape index (κ1) is 16.1. The zero-order valence-corrected chi connectivity index (χ0v) is 13.4. The second kappa shape index (κ2) is 6.74. The number of hydrogen-bond donors (Lipinski definition) is 1. The molecule has 1 aliphatic rings. The third-order valence-electron chi connectivity index (χ3n) is 3.94. The summed E-state index contributed by atoms with van der Waals surface area (Å²) in [6, 6.07) is 10.3. The molecule has 0 aromatic heterocycles. The van der Waals surface area contributed by atoms with Crippen LogP contribution in [0.4, 0.5) is 0 Å². The maximum atomic E-state index is 12.3. The van der Waals surface area contributed by atoms with Crippen molar-refractivity contribution < 1.29 is 24.2 Å². The van der Waals surface area contributed by atoms with Crippen LogP contribution in [0, 0.1) is 6.92 Å². The molecule has 0 bridgehead atoms. The summed E-state index contributed by atoms with van der Waals surface area (Å²) >= 11 is 0. The molecule has 124 valence electrons. The van der Waals surface area contributed by atoms with Crippen LogP contribution < -0.4 is 9.47 Å². The fourth-order valence-electron chi connectivity index (χ4n) is 2.57. The van der Waals surface area contributed by atoms with Gasteiger partial charge in [0.2, 0.25) is 5.75 Å². The Morgan fingerprint density at radius 1 is 0.958 bits per heavy atom. The smallest absolute Gasteiger partial charge is 0.204 e. The lowest BCUT2D eigenvalue weighted by Gasteiger charge is -2.20. The fourth-order valence-corrected chi connectivity index (χ4v) is 2.57. The minimum absolute atomic E-state index is 0.0277. The van der Waals surface area contributed by atoms with Gasteiger partial charge >= 0.3 is 0 Å². The van der Waals surface area contributed by atoms with E-state index in [4.69, 9.17) is 9.47 Å². The van der Waals surface area contributed by atoms with Crippen molar-refractivity contribution in [3.8, 4) is 17.2 Å². The van der Waals surface area contributed by atoms with Crippen LogP contribution in [0.5, 0.6) is 17.2 Å². The minimum atomic E-state index is -0.301. The third kappa shape index (κ3) is 3.25. The fraction of sp³-hybridized carbons (Fsp3) is 0.263. The molecule has 0 atom stereocenters. The predicted octanol–water partition coefficient (Wildman–Crippen LogP) is 3.32. The first-order valence-corrected chi connectivity index (χ1v) is 7.81. The molecule has 0 aliphatic carbocycles. The number of phenolic OH excluding ortho intramolecular Hbond substituents is 1. The number of carbonyl (C=O) groups is 2. The number of fused-ring (bicyclic) bond motifs is 1. The largest absolute Gasteiger partial charge is 0.504 e. The molecular formula is C19H18O5. The Bertz CT molecular complexity index is 777. The quantitative estimate of drug-likeness (QED) is 0.853. The summed E-state index contributed by atoms with van der Waals surface area (Å²) in [7, 11) is 0. The monoisotopic (exact) mass is 326 g/mol. The summed E-state index contributed by atoms with van der Waals surface area (Å²) in [4.78, 5) is 24.5. The molecule has 1 N–H and O–H groups in total. The van der Waals surface area contributed by atoms with E-state index in [2.05, 4.69) is 0 Å². The standard InChI is InChI=1S/C19H18O5/c1-12-2-4-13(5-3-12)15(20)7-8-16(21)14-6-9-17-19(18(14)22)24-11-10-23-17/h2-6,9,22H,7-8,10-11H2,1H3. The van der Waals surface area contributed by atoms with E-state index >= 15 is 0 Å². The molecule has 24 heavy (non-hydrogen) atoms. The number of hydrogen-bond acceptors (Lipinski definition) is 5. The lowest BCUT2D eigenvalue weighted by atomic mass is 10.00. The number of phenols is 1. The van der Waals surface area contributed by atoms with E-state index in [0.29, 0.717) is 24.5 Å².